The van der Waals surface area contributed by atoms with Gasteiger partial charge in [0.1, 0.15) is 5.60 Å². The Morgan fingerprint density at radius 3 is 2.64 bits per heavy atom. The number of aliphatic hydroxyl groups excluding tert-OH is 1. The van der Waals surface area contributed by atoms with E-state index in [4.69, 9.17) is 4.74 Å². The van der Waals surface area contributed by atoms with E-state index in [1.807, 2.05) is 0 Å². The highest BCUT2D eigenvalue weighted by Gasteiger charge is 2.66. The molecule has 4 fully saturated rings. The van der Waals surface area contributed by atoms with E-state index < -0.39 is 0 Å². The van der Waals surface area contributed by atoms with Gasteiger partial charge in [-0.3, -0.25) is 4.79 Å². The minimum atomic E-state index is -0.159. The molecule has 0 aromatic carbocycles. The van der Waals surface area contributed by atoms with Crippen molar-refractivity contribution in [2.75, 3.05) is 0 Å². The normalized spacial score (nSPS) is 54.5. The van der Waals surface area contributed by atoms with E-state index in [-0.39, 0.29) is 23.1 Å². The van der Waals surface area contributed by atoms with Gasteiger partial charge in [-0.05, 0) is 81.0 Å². The van der Waals surface area contributed by atoms with E-state index in [1.54, 1.807) is 0 Å². The molecule has 25 heavy (non-hydrogen) atoms. The molecule has 0 amide bonds. The Balaban J connectivity index is 1.49. The number of carbonyl (C=O) groups is 1. The zero-order chi connectivity index (χ0) is 17.4. The molecule has 1 N–H and O–H groups in total. The average Bonchev–Trinajstić information content (AvgIpc) is 3.10. The van der Waals surface area contributed by atoms with Crippen LogP contribution in [0.2, 0.25) is 0 Å². The molecule has 3 nitrogen and oxygen atoms in total. The van der Waals surface area contributed by atoms with Gasteiger partial charge in [-0.1, -0.05) is 25.5 Å². The van der Waals surface area contributed by atoms with Gasteiger partial charge in [0.2, 0.25) is 0 Å². The van der Waals surface area contributed by atoms with E-state index in [0.717, 1.165) is 43.9 Å². The van der Waals surface area contributed by atoms with Crippen LogP contribution in [0.15, 0.2) is 11.6 Å². The molecule has 5 aliphatic rings. The van der Waals surface area contributed by atoms with Gasteiger partial charge in [-0.15, -0.1) is 0 Å². The summed E-state index contributed by atoms with van der Waals surface area (Å²) in [6, 6.07) is 0. The van der Waals surface area contributed by atoms with Crippen molar-refractivity contribution in [3.63, 3.8) is 0 Å². The zero-order valence-electron chi connectivity index (χ0n) is 15.7. The number of allylic oxidation sites excluding steroid dienone is 1. The largest absolute Gasteiger partial charge is 0.458 e. The van der Waals surface area contributed by atoms with Gasteiger partial charge >= 0.3 is 5.97 Å². The van der Waals surface area contributed by atoms with Crippen molar-refractivity contribution in [1.82, 2.24) is 0 Å². The number of fused-ring (bicyclic) bond motifs is 6. The average molecular weight is 344 g/mol. The zero-order valence-corrected chi connectivity index (χ0v) is 15.7. The molecular weight excluding hydrogens is 312 g/mol. The smallest absolute Gasteiger partial charge is 0.306 e. The van der Waals surface area contributed by atoms with Crippen LogP contribution < -0.4 is 0 Å². The predicted molar refractivity (Wildman–Crippen MR) is 95.8 cm³/mol. The number of carbonyl (C=O) groups excluding carboxylic acids is 1. The van der Waals surface area contributed by atoms with Crippen molar-refractivity contribution < 1.29 is 14.6 Å². The SMILES string of the molecule is C[C@]12CC[C@H](O)CC1=CC[C@@H]1[C@@H]2CC[C@@]2(C)[C@H]1CC[C@@]21CCC(=O)O1. The van der Waals surface area contributed by atoms with Crippen LogP contribution >= 0.6 is 0 Å². The number of ether oxygens (including phenoxy) is 1. The van der Waals surface area contributed by atoms with Crippen LogP contribution in [0.25, 0.3) is 0 Å². The van der Waals surface area contributed by atoms with Crippen LogP contribution in [-0.2, 0) is 9.53 Å². The molecule has 1 heterocycles. The van der Waals surface area contributed by atoms with Gasteiger partial charge < -0.3 is 9.84 Å². The third kappa shape index (κ3) is 1.99. The molecule has 0 aromatic rings. The second kappa shape index (κ2) is 5.12. The third-order valence-electron chi connectivity index (χ3n) is 9.41. The maximum atomic E-state index is 11.9. The number of hydrogen-bond acceptors (Lipinski definition) is 3. The van der Waals surface area contributed by atoms with Gasteiger partial charge in [0, 0.05) is 11.8 Å². The maximum absolute atomic E-state index is 11.9. The van der Waals surface area contributed by atoms with Gasteiger partial charge in [0.05, 0.1) is 6.10 Å². The summed E-state index contributed by atoms with van der Waals surface area (Å²) in [6.45, 7) is 4.91. The van der Waals surface area contributed by atoms with Crippen LogP contribution in [-0.4, -0.2) is 22.8 Å². The summed E-state index contributed by atoms with van der Waals surface area (Å²) < 4.78 is 6.02. The molecular formula is C22H32O3. The third-order valence-corrected chi connectivity index (χ3v) is 9.41. The van der Waals surface area contributed by atoms with Crippen LogP contribution in [0, 0.1) is 28.6 Å². The fourth-order valence-electron chi connectivity index (χ4n) is 7.94. The van der Waals surface area contributed by atoms with Gasteiger partial charge in [-0.25, -0.2) is 0 Å². The van der Waals surface area contributed by atoms with Crippen molar-refractivity contribution in [1.29, 1.82) is 0 Å². The lowest BCUT2D eigenvalue weighted by Crippen LogP contribution is -2.54. The van der Waals surface area contributed by atoms with Crippen molar-refractivity contribution in [3.8, 4) is 0 Å². The molecule has 1 saturated heterocycles. The van der Waals surface area contributed by atoms with E-state index in [1.165, 1.54) is 31.3 Å². The number of hydrogen-bond donors (Lipinski definition) is 1. The van der Waals surface area contributed by atoms with Crippen molar-refractivity contribution in [2.24, 2.45) is 28.6 Å². The van der Waals surface area contributed by atoms with Gasteiger partial charge in [0.25, 0.3) is 0 Å². The molecule has 7 atom stereocenters. The molecule has 1 aliphatic heterocycles. The highest BCUT2D eigenvalue weighted by molar-refractivity contribution is 5.72. The Morgan fingerprint density at radius 1 is 1.08 bits per heavy atom. The van der Waals surface area contributed by atoms with Crippen molar-refractivity contribution in [2.45, 2.75) is 89.8 Å². The lowest BCUT2D eigenvalue weighted by atomic mass is 9.47. The van der Waals surface area contributed by atoms with Crippen LogP contribution in [0.4, 0.5) is 0 Å². The molecule has 0 unspecified atom stereocenters. The van der Waals surface area contributed by atoms with Crippen molar-refractivity contribution >= 4 is 5.97 Å². The first kappa shape index (κ1) is 16.4. The van der Waals surface area contributed by atoms with Gasteiger partial charge in [-0.2, -0.15) is 0 Å². The lowest BCUT2D eigenvalue weighted by molar-refractivity contribution is -0.167. The fourth-order valence-corrected chi connectivity index (χ4v) is 7.94. The number of rotatable bonds is 0. The molecule has 3 saturated carbocycles. The van der Waals surface area contributed by atoms with E-state index >= 15 is 0 Å². The summed E-state index contributed by atoms with van der Waals surface area (Å²) >= 11 is 0. The molecule has 0 bridgehead atoms. The maximum Gasteiger partial charge on any atom is 0.306 e. The first-order valence-corrected chi connectivity index (χ1v) is 10.5. The molecule has 138 valence electrons. The molecule has 0 radical (unpaired) electrons. The molecule has 1 spiro atoms. The highest BCUT2D eigenvalue weighted by atomic mass is 16.6. The molecule has 3 heteroatoms. The first-order chi connectivity index (χ1) is 11.9. The Hall–Kier alpha value is -0.830. The number of esters is 1. The summed E-state index contributed by atoms with van der Waals surface area (Å²) in [5.74, 6) is 2.22. The standard InChI is InChI=1S/C22H32O3/c1-20-9-5-15(23)13-14(20)3-4-16-17(20)6-10-21(2)18(16)7-11-22(21)12-8-19(24)25-22/h3,15-18,23H,4-13H2,1-2H3/t15-,16+,17-,18-,20-,21-,22+/m0/s1. The quantitative estimate of drug-likeness (QED) is 0.524. The highest BCUT2D eigenvalue weighted by Crippen LogP contribution is 2.69. The summed E-state index contributed by atoms with van der Waals surface area (Å²) in [5.41, 5.74) is 1.85. The summed E-state index contributed by atoms with van der Waals surface area (Å²) in [5, 5.41) is 10.1. The van der Waals surface area contributed by atoms with Gasteiger partial charge in [0.15, 0.2) is 0 Å². The predicted octanol–water partition coefficient (Wildman–Crippen LogP) is 4.39. The van der Waals surface area contributed by atoms with E-state index in [9.17, 15) is 9.90 Å². The van der Waals surface area contributed by atoms with Crippen LogP contribution in [0.3, 0.4) is 0 Å². The Labute approximate surface area is 151 Å². The van der Waals surface area contributed by atoms with E-state index in [2.05, 4.69) is 19.9 Å². The van der Waals surface area contributed by atoms with Crippen molar-refractivity contribution in [3.05, 3.63) is 11.6 Å². The van der Waals surface area contributed by atoms with E-state index in [0.29, 0.717) is 17.8 Å². The summed E-state index contributed by atoms with van der Waals surface area (Å²) in [6.07, 6.45) is 12.9. The molecule has 0 aromatic heterocycles. The lowest BCUT2D eigenvalue weighted by Gasteiger charge is -2.59. The number of aliphatic hydroxyl groups is 1. The fraction of sp³-hybridized carbons (Fsp3) is 0.864. The summed E-state index contributed by atoms with van der Waals surface area (Å²) in [4.78, 5) is 11.9. The Morgan fingerprint density at radius 2 is 1.88 bits per heavy atom. The Kier molecular flexibility index (Phi) is 3.35. The minimum absolute atomic E-state index is 0.0306. The molecule has 4 aliphatic carbocycles. The Bertz CT molecular complexity index is 639. The second-order valence-electron chi connectivity index (χ2n) is 10.1. The van der Waals surface area contributed by atoms with Crippen LogP contribution in [0.5, 0.6) is 0 Å². The summed E-state index contributed by atoms with van der Waals surface area (Å²) in [7, 11) is 0. The first-order valence-electron chi connectivity index (χ1n) is 10.5. The second-order valence-corrected chi connectivity index (χ2v) is 10.1. The monoisotopic (exact) mass is 344 g/mol. The topological polar surface area (TPSA) is 46.5 Å². The molecule has 5 rings (SSSR count). The van der Waals surface area contributed by atoms with Crippen LogP contribution in [0.1, 0.15) is 78.1 Å². The minimum Gasteiger partial charge on any atom is -0.458 e.